The predicted octanol–water partition coefficient (Wildman–Crippen LogP) is 1.40. The van der Waals surface area contributed by atoms with Gasteiger partial charge in [0.1, 0.15) is 0 Å². The Balaban J connectivity index is 2.28. The molecule has 1 unspecified atom stereocenters. The van der Waals surface area contributed by atoms with E-state index in [4.69, 9.17) is 5.73 Å². The van der Waals surface area contributed by atoms with Crippen LogP contribution >= 0.6 is 0 Å². The second-order valence-corrected chi connectivity index (χ2v) is 3.90. The molecular weight excluding hydrogens is 184 g/mol. The molecule has 1 aliphatic heterocycles. The highest BCUT2D eigenvalue weighted by Gasteiger charge is 2.20. The van der Waals surface area contributed by atoms with E-state index in [1.54, 1.807) is 0 Å². The molecule has 0 spiro atoms. The summed E-state index contributed by atoms with van der Waals surface area (Å²) >= 11 is 0. The van der Waals surface area contributed by atoms with Crippen molar-refractivity contribution in [3.63, 3.8) is 0 Å². The monoisotopic (exact) mass is 200 g/mol. The first-order valence-corrected chi connectivity index (χ1v) is 5.29. The molecule has 2 rings (SSSR count). The van der Waals surface area contributed by atoms with E-state index < -0.39 is 0 Å². The van der Waals surface area contributed by atoms with E-state index in [1.807, 2.05) is 6.92 Å². The average molecular weight is 200 g/mol. The van der Waals surface area contributed by atoms with Crippen molar-refractivity contribution in [2.24, 2.45) is 5.73 Å². The van der Waals surface area contributed by atoms with Crippen molar-refractivity contribution in [1.29, 1.82) is 0 Å². The molecule has 0 fully saturated rings. The van der Waals surface area contributed by atoms with Crippen LogP contribution in [0.25, 0.3) is 0 Å². The maximum Gasteiger partial charge on any atom is 0.0795 e. The Labute approximate surface area is 91.1 Å². The molecule has 1 aliphatic rings. The van der Waals surface area contributed by atoms with Gasteiger partial charge in [-0.2, -0.15) is 0 Å². The zero-order valence-corrected chi connectivity index (χ0v) is 9.03. The molecule has 15 heavy (non-hydrogen) atoms. The molecule has 0 amide bonds. The molecule has 1 aromatic rings. The van der Waals surface area contributed by atoms with Crippen LogP contribution in [-0.4, -0.2) is 19.1 Å². The SMILES string of the molecule is CC#CCN1CC(N)Cc2ccccc21. The van der Waals surface area contributed by atoms with E-state index in [-0.39, 0.29) is 6.04 Å². The van der Waals surface area contributed by atoms with Gasteiger partial charge >= 0.3 is 0 Å². The van der Waals surface area contributed by atoms with Crippen LogP contribution in [0, 0.1) is 11.8 Å². The number of anilines is 1. The number of fused-ring (bicyclic) bond motifs is 1. The molecule has 2 nitrogen and oxygen atoms in total. The first-order chi connectivity index (χ1) is 7.31. The van der Waals surface area contributed by atoms with Crippen LogP contribution in [0.5, 0.6) is 0 Å². The van der Waals surface area contributed by atoms with Crippen molar-refractivity contribution >= 4 is 5.69 Å². The van der Waals surface area contributed by atoms with Crippen LogP contribution in [0.1, 0.15) is 12.5 Å². The van der Waals surface area contributed by atoms with E-state index in [2.05, 4.69) is 41.0 Å². The summed E-state index contributed by atoms with van der Waals surface area (Å²) in [5, 5.41) is 0. The Morgan fingerprint density at radius 1 is 1.47 bits per heavy atom. The average Bonchev–Trinajstić information content (AvgIpc) is 2.25. The highest BCUT2D eigenvalue weighted by molar-refractivity contribution is 5.57. The lowest BCUT2D eigenvalue weighted by Crippen LogP contribution is -2.43. The third-order valence-corrected chi connectivity index (χ3v) is 2.72. The van der Waals surface area contributed by atoms with Gasteiger partial charge in [0.15, 0.2) is 0 Å². The minimum Gasteiger partial charge on any atom is -0.359 e. The van der Waals surface area contributed by atoms with Crippen molar-refractivity contribution in [3.8, 4) is 11.8 Å². The third kappa shape index (κ3) is 2.14. The van der Waals surface area contributed by atoms with E-state index >= 15 is 0 Å². The van der Waals surface area contributed by atoms with E-state index in [1.165, 1.54) is 11.3 Å². The molecule has 1 aromatic carbocycles. The predicted molar refractivity (Wildman–Crippen MR) is 63.8 cm³/mol. The van der Waals surface area contributed by atoms with Crippen LogP contribution in [-0.2, 0) is 6.42 Å². The molecular formula is C13H16N2. The summed E-state index contributed by atoms with van der Waals surface area (Å²) in [4.78, 5) is 2.26. The van der Waals surface area contributed by atoms with Crippen LogP contribution in [0.4, 0.5) is 5.69 Å². The van der Waals surface area contributed by atoms with Crippen LogP contribution in [0.3, 0.4) is 0 Å². The van der Waals surface area contributed by atoms with Gasteiger partial charge in [-0.05, 0) is 25.0 Å². The van der Waals surface area contributed by atoms with Gasteiger partial charge in [0.2, 0.25) is 0 Å². The number of hydrogen-bond donors (Lipinski definition) is 1. The number of nitrogens with zero attached hydrogens (tertiary/aromatic N) is 1. The number of rotatable bonds is 1. The summed E-state index contributed by atoms with van der Waals surface area (Å²) in [7, 11) is 0. The lowest BCUT2D eigenvalue weighted by atomic mass is 9.98. The van der Waals surface area contributed by atoms with E-state index in [0.717, 1.165) is 19.5 Å². The van der Waals surface area contributed by atoms with Crippen molar-refractivity contribution < 1.29 is 0 Å². The van der Waals surface area contributed by atoms with Crippen molar-refractivity contribution in [2.45, 2.75) is 19.4 Å². The van der Waals surface area contributed by atoms with E-state index in [9.17, 15) is 0 Å². The molecule has 2 N–H and O–H groups in total. The lowest BCUT2D eigenvalue weighted by molar-refractivity contribution is 0.618. The molecule has 1 heterocycles. The van der Waals surface area contributed by atoms with Gasteiger partial charge in [-0.15, -0.1) is 5.92 Å². The summed E-state index contributed by atoms with van der Waals surface area (Å²) in [6, 6.07) is 8.68. The standard InChI is InChI=1S/C13H16N2/c1-2-3-8-15-10-12(14)9-11-6-4-5-7-13(11)15/h4-7,12H,8-10,14H2,1H3. The molecule has 0 saturated carbocycles. The summed E-state index contributed by atoms with van der Waals surface area (Å²) < 4.78 is 0. The Hall–Kier alpha value is -1.46. The summed E-state index contributed by atoms with van der Waals surface area (Å²) in [6.45, 7) is 3.56. The van der Waals surface area contributed by atoms with Gasteiger partial charge in [0.05, 0.1) is 6.54 Å². The summed E-state index contributed by atoms with van der Waals surface area (Å²) in [6.07, 6.45) is 0.978. The Kier molecular flexibility index (Phi) is 2.94. The highest BCUT2D eigenvalue weighted by Crippen LogP contribution is 2.25. The van der Waals surface area contributed by atoms with Crippen molar-refractivity contribution in [2.75, 3.05) is 18.0 Å². The normalized spacial score (nSPS) is 19.1. The first-order valence-electron chi connectivity index (χ1n) is 5.29. The van der Waals surface area contributed by atoms with Crippen LogP contribution < -0.4 is 10.6 Å². The minimum atomic E-state index is 0.235. The molecule has 0 saturated heterocycles. The molecule has 0 radical (unpaired) electrons. The number of hydrogen-bond acceptors (Lipinski definition) is 2. The van der Waals surface area contributed by atoms with Gasteiger partial charge in [0, 0.05) is 18.3 Å². The molecule has 2 heteroatoms. The number of nitrogens with two attached hydrogens (primary N) is 1. The molecule has 78 valence electrons. The third-order valence-electron chi connectivity index (χ3n) is 2.72. The Morgan fingerprint density at radius 2 is 2.27 bits per heavy atom. The van der Waals surface area contributed by atoms with Gasteiger partial charge in [-0.3, -0.25) is 0 Å². The maximum atomic E-state index is 6.02. The van der Waals surface area contributed by atoms with Crippen LogP contribution in [0.15, 0.2) is 24.3 Å². The fourth-order valence-electron chi connectivity index (χ4n) is 2.04. The molecule has 1 atom stereocenters. The zero-order chi connectivity index (χ0) is 10.7. The fraction of sp³-hybridized carbons (Fsp3) is 0.385. The fourth-order valence-corrected chi connectivity index (χ4v) is 2.04. The van der Waals surface area contributed by atoms with Crippen molar-refractivity contribution in [3.05, 3.63) is 29.8 Å². The van der Waals surface area contributed by atoms with Gasteiger partial charge in [-0.1, -0.05) is 24.1 Å². The number of benzene rings is 1. The lowest BCUT2D eigenvalue weighted by Gasteiger charge is -2.33. The van der Waals surface area contributed by atoms with Gasteiger partial charge in [0.25, 0.3) is 0 Å². The van der Waals surface area contributed by atoms with Gasteiger partial charge < -0.3 is 10.6 Å². The first kappa shape index (κ1) is 10.1. The Bertz CT molecular complexity index is 400. The molecule has 0 aromatic heterocycles. The topological polar surface area (TPSA) is 29.3 Å². The molecule has 0 aliphatic carbocycles. The largest absolute Gasteiger partial charge is 0.359 e. The minimum absolute atomic E-state index is 0.235. The quantitative estimate of drug-likeness (QED) is 0.694. The van der Waals surface area contributed by atoms with Crippen molar-refractivity contribution in [1.82, 2.24) is 0 Å². The highest BCUT2D eigenvalue weighted by atomic mass is 15.1. The summed E-state index contributed by atoms with van der Waals surface area (Å²) in [5.74, 6) is 6.03. The second-order valence-electron chi connectivity index (χ2n) is 3.90. The van der Waals surface area contributed by atoms with E-state index in [0.29, 0.717) is 0 Å². The summed E-state index contributed by atoms with van der Waals surface area (Å²) in [5.41, 5.74) is 8.66. The number of para-hydroxylation sites is 1. The Morgan fingerprint density at radius 3 is 3.07 bits per heavy atom. The zero-order valence-electron chi connectivity index (χ0n) is 9.03. The molecule has 0 bridgehead atoms. The second kappa shape index (κ2) is 4.37. The van der Waals surface area contributed by atoms with Gasteiger partial charge in [-0.25, -0.2) is 0 Å². The van der Waals surface area contributed by atoms with Crippen LogP contribution in [0.2, 0.25) is 0 Å². The smallest absolute Gasteiger partial charge is 0.0795 e. The maximum absolute atomic E-state index is 6.02.